The third kappa shape index (κ3) is 4.18. The van der Waals surface area contributed by atoms with Crippen LogP contribution < -0.4 is 14.8 Å². The molecule has 1 N–H and O–H groups in total. The molecule has 28 heavy (non-hydrogen) atoms. The average Bonchev–Trinajstić information content (AvgIpc) is 2.97. The van der Waals surface area contributed by atoms with Crippen LogP contribution in [0.5, 0.6) is 11.5 Å². The summed E-state index contributed by atoms with van der Waals surface area (Å²) >= 11 is 0. The molecule has 0 atom stereocenters. The maximum atomic E-state index is 6.19. The maximum absolute atomic E-state index is 6.19. The van der Waals surface area contributed by atoms with E-state index in [9.17, 15) is 0 Å². The van der Waals surface area contributed by atoms with E-state index >= 15 is 0 Å². The Morgan fingerprint density at radius 3 is 2.64 bits per heavy atom. The second-order valence-corrected chi connectivity index (χ2v) is 7.21. The summed E-state index contributed by atoms with van der Waals surface area (Å²) in [6.45, 7) is 4.57. The number of nitrogens with one attached hydrogen (secondary N) is 1. The number of nitrogens with zero attached hydrogens (tertiary/aromatic N) is 1. The van der Waals surface area contributed by atoms with Gasteiger partial charge < -0.3 is 14.8 Å². The van der Waals surface area contributed by atoms with E-state index in [2.05, 4.69) is 47.6 Å². The van der Waals surface area contributed by atoms with E-state index in [0.717, 1.165) is 48.7 Å². The molecule has 0 spiro atoms. The fourth-order valence-corrected chi connectivity index (χ4v) is 3.66. The van der Waals surface area contributed by atoms with Crippen LogP contribution in [0.2, 0.25) is 0 Å². The minimum absolute atomic E-state index is 0.427. The van der Waals surface area contributed by atoms with Gasteiger partial charge in [0.15, 0.2) is 0 Å². The second kappa shape index (κ2) is 8.44. The van der Waals surface area contributed by atoms with Gasteiger partial charge in [-0.05, 0) is 79.4 Å². The Labute approximate surface area is 166 Å². The van der Waals surface area contributed by atoms with Gasteiger partial charge in [0.2, 0.25) is 0 Å². The van der Waals surface area contributed by atoms with E-state index in [1.165, 1.54) is 22.3 Å². The molecule has 1 aliphatic rings. The summed E-state index contributed by atoms with van der Waals surface area (Å²) in [5.74, 6) is 1.60. The van der Waals surface area contributed by atoms with Gasteiger partial charge in [0, 0.05) is 17.8 Å². The number of pyridine rings is 1. The Bertz CT molecular complexity index is 969. The van der Waals surface area contributed by atoms with E-state index in [1.54, 1.807) is 7.11 Å². The normalized spacial score (nSPS) is 13.5. The lowest BCUT2D eigenvalue weighted by atomic mass is 9.96. The third-order valence-corrected chi connectivity index (χ3v) is 5.20. The molecule has 1 aromatic heterocycles. The maximum Gasteiger partial charge on any atom is 0.131 e. The number of benzene rings is 2. The van der Waals surface area contributed by atoms with Gasteiger partial charge in [-0.1, -0.05) is 18.2 Å². The van der Waals surface area contributed by atoms with Crippen LogP contribution in [0.15, 0.2) is 54.7 Å². The van der Waals surface area contributed by atoms with Gasteiger partial charge in [-0.2, -0.15) is 0 Å². The van der Waals surface area contributed by atoms with Crippen molar-refractivity contribution in [2.45, 2.75) is 26.4 Å². The second-order valence-electron chi connectivity index (χ2n) is 7.21. The lowest BCUT2D eigenvalue weighted by Crippen LogP contribution is -2.16. The Morgan fingerprint density at radius 1 is 0.964 bits per heavy atom. The number of aryl methyl sites for hydroxylation is 1. The fraction of sp³-hybridized carbons (Fsp3) is 0.292. The van der Waals surface area contributed by atoms with Crippen molar-refractivity contribution >= 4 is 0 Å². The van der Waals surface area contributed by atoms with Crippen molar-refractivity contribution in [3.8, 4) is 22.6 Å². The standard InChI is InChI=1S/C24H26N2O2/c1-17-7-12-26-21(13-17)16-28-24-15-22(27-2)5-6-23(24)20-4-3-18-8-10-25-11-9-19(18)14-20/h3-7,12-15,25H,8-11,16H2,1-2H3. The van der Waals surface area contributed by atoms with Gasteiger partial charge in [-0.15, -0.1) is 0 Å². The number of methoxy groups -OCH3 is 1. The molecule has 2 aromatic carbocycles. The molecule has 0 saturated heterocycles. The highest BCUT2D eigenvalue weighted by Crippen LogP contribution is 2.35. The third-order valence-electron chi connectivity index (χ3n) is 5.20. The molecule has 0 saturated carbocycles. The molecule has 0 aliphatic carbocycles. The van der Waals surface area contributed by atoms with Crippen molar-refractivity contribution in [3.63, 3.8) is 0 Å². The van der Waals surface area contributed by atoms with Crippen molar-refractivity contribution in [2.75, 3.05) is 20.2 Å². The molecular weight excluding hydrogens is 348 g/mol. The molecule has 2 heterocycles. The monoisotopic (exact) mass is 374 g/mol. The summed E-state index contributed by atoms with van der Waals surface area (Å²) in [5, 5.41) is 3.47. The van der Waals surface area contributed by atoms with E-state index in [0.29, 0.717) is 6.61 Å². The number of hydrogen-bond donors (Lipinski definition) is 1. The Kier molecular flexibility index (Phi) is 5.58. The zero-order valence-electron chi connectivity index (χ0n) is 16.5. The lowest BCUT2D eigenvalue weighted by Gasteiger charge is -2.15. The zero-order valence-corrected chi connectivity index (χ0v) is 16.5. The molecule has 4 nitrogen and oxygen atoms in total. The number of fused-ring (bicyclic) bond motifs is 1. The van der Waals surface area contributed by atoms with Crippen molar-refractivity contribution in [1.82, 2.24) is 10.3 Å². The summed E-state index contributed by atoms with van der Waals surface area (Å²) in [6.07, 6.45) is 3.96. The number of hydrogen-bond acceptors (Lipinski definition) is 4. The first-order valence-electron chi connectivity index (χ1n) is 9.78. The van der Waals surface area contributed by atoms with Crippen molar-refractivity contribution in [3.05, 3.63) is 77.1 Å². The highest BCUT2D eigenvalue weighted by Gasteiger charge is 2.13. The van der Waals surface area contributed by atoms with Crippen molar-refractivity contribution in [1.29, 1.82) is 0 Å². The van der Waals surface area contributed by atoms with E-state index in [-0.39, 0.29) is 0 Å². The summed E-state index contributed by atoms with van der Waals surface area (Å²) in [6, 6.07) is 16.8. The number of ether oxygens (including phenoxy) is 2. The van der Waals surface area contributed by atoms with E-state index in [4.69, 9.17) is 9.47 Å². The Hall–Kier alpha value is -2.85. The van der Waals surface area contributed by atoms with Crippen LogP contribution in [0.25, 0.3) is 11.1 Å². The SMILES string of the molecule is COc1ccc(-c2ccc3c(c2)CCNCC3)c(OCc2cc(C)ccn2)c1. The van der Waals surface area contributed by atoms with Gasteiger partial charge in [-0.3, -0.25) is 4.98 Å². The van der Waals surface area contributed by atoms with Crippen LogP contribution in [0.3, 0.4) is 0 Å². The Morgan fingerprint density at radius 2 is 1.82 bits per heavy atom. The number of aromatic nitrogens is 1. The average molecular weight is 374 g/mol. The van der Waals surface area contributed by atoms with E-state index < -0.39 is 0 Å². The quantitative estimate of drug-likeness (QED) is 0.722. The summed E-state index contributed by atoms with van der Waals surface area (Å²) in [5.41, 5.74) is 7.21. The first kappa shape index (κ1) is 18.5. The first-order chi connectivity index (χ1) is 13.7. The van der Waals surface area contributed by atoms with Crippen molar-refractivity contribution in [2.24, 2.45) is 0 Å². The van der Waals surface area contributed by atoms with Gasteiger partial charge in [0.1, 0.15) is 18.1 Å². The molecule has 4 rings (SSSR count). The molecule has 0 unspecified atom stereocenters. The highest BCUT2D eigenvalue weighted by molar-refractivity contribution is 5.72. The Balaban J connectivity index is 1.66. The fourth-order valence-electron chi connectivity index (χ4n) is 3.66. The zero-order chi connectivity index (χ0) is 19.3. The molecular formula is C24H26N2O2. The minimum Gasteiger partial charge on any atom is -0.497 e. The topological polar surface area (TPSA) is 43.4 Å². The predicted octanol–water partition coefficient (Wildman–Crippen LogP) is 4.33. The molecule has 3 aromatic rings. The molecule has 0 bridgehead atoms. The minimum atomic E-state index is 0.427. The predicted molar refractivity (Wildman–Crippen MR) is 112 cm³/mol. The largest absolute Gasteiger partial charge is 0.497 e. The molecule has 1 aliphatic heterocycles. The van der Waals surface area contributed by atoms with Gasteiger partial charge in [0.25, 0.3) is 0 Å². The summed E-state index contributed by atoms with van der Waals surface area (Å²) in [7, 11) is 1.68. The van der Waals surface area contributed by atoms with Gasteiger partial charge in [0.05, 0.1) is 12.8 Å². The van der Waals surface area contributed by atoms with Crippen LogP contribution in [0.1, 0.15) is 22.4 Å². The van der Waals surface area contributed by atoms with Crippen LogP contribution in [-0.2, 0) is 19.4 Å². The summed E-state index contributed by atoms with van der Waals surface area (Å²) < 4.78 is 11.6. The number of rotatable bonds is 5. The van der Waals surface area contributed by atoms with Crippen LogP contribution >= 0.6 is 0 Å². The molecule has 144 valence electrons. The smallest absolute Gasteiger partial charge is 0.131 e. The summed E-state index contributed by atoms with van der Waals surface area (Å²) in [4.78, 5) is 4.40. The van der Waals surface area contributed by atoms with Gasteiger partial charge >= 0.3 is 0 Å². The molecule has 0 radical (unpaired) electrons. The highest BCUT2D eigenvalue weighted by atomic mass is 16.5. The van der Waals surface area contributed by atoms with Crippen molar-refractivity contribution < 1.29 is 9.47 Å². The molecule has 0 amide bonds. The lowest BCUT2D eigenvalue weighted by molar-refractivity contribution is 0.300. The van der Waals surface area contributed by atoms with E-state index in [1.807, 2.05) is 24.4 Å². The first-order valence-corrected chi connectivity index (χ1v) is 9.78. The van der Waals surface area contributed by atoms with Crippen LogP contribution in [0.4, 0.5) is 0 Å². The van der Waals surface area contributed by atoms with Crippen LogP contribution in [0, 0.1) is 6.92 Å². The van der Waals surface area contributed by atoms with Crippen LogP contribution in [-0.4, -0.2) is 25.2 Å². The molecule has 4 heteroatoms. The van der Waals surface area contributed by atoms with Gasteiger partial charge in [-0.25, -0.2) is 0 Å². The molecule has 0 fully saturated rings.